The maximum Gasteiger partial charge on any atom is 0.407 e. The quantitative estimate of drug-likeness (QED) is 0.522. The van der Waals surface area contributed by atoms with E-state index in [1.54, 1.807) is 4.90 Å². The van der Waals surface area contributed by atoms with E-state index in [0.717, 1.165) is 25.4 Å². The first-order chi connectivity index (χ1) is 17.1. The van der Waals surface area contributed by atoms with Crippen molar-refractivity contribution in [3.63, 3.8) is 0 Å². The van der Waals surface area contributed by atoms with E-state index in [2.05, 4.69) is 59.0 Å². The molecular formula is C29H35N3O3. The number of fused-ring (bicyclic) bond motifs is 5. The highest BCUT2D eigenvalue weighted by Crippen LogP contribution is 2.47. The van der Waals surface area contributed by atoms with Gasteiger partial charge in [0.2, 0.25) is 0 Å². The number of rotatable bonds is 2. The van der Waals surface area contributed by atoms with Crippen molar-refractivity contribution >= 4 is 17.0 Å². The van der Waals surface area contributed by atoms with Gasteiger partial charge in [0.15, 0.2) is 0 Å². The second kappa shape index (κ2) is 9.23. The summed E-state index contributed by atoms with van der Waals surface area (Å²) in [6.07, 6.45) is 5.53. The SMILES string of the molecule is CN1CCN(C(=O)O)C(C2COc3ccccc3-c3c(C4CCCCC4)c4ccccc4n3C2)C1. The molecule has 2 fully saturated rings. The van der Waals surface area contributed by atoms with Crippen LogP contribution in [0.15, 0.2) is 48.5 Å². The molecule has 0 bridgehead atoms. The van der Waals surface area contributed by atoms with Crippen LogP contribution in [0.25, 0.3) is 22.2 Å². The molecule has 2 unspecified atom stereocenters. The Balaban J connectivity index is 1.53. The molecule has 0 radical (unpaired) electrons. The number of hydrogen-bond acceptors (Lipinski definition) is 3. The number of carbonyl (C=O) groups is 1. The zero-order chi connectivity index (χ0) is 23.9. The number of hydrogen-bond donors (Lipinski definition) is 1. The maximum absolute atomic E-state index is 12.2. The van der Waals surface area contributed by atoms with Gasteiger partial charge in [0.25, 0.3) is 0 Å². The van der Waals surface area contributed by atoms with Crippen molar-refractivity contribution in [2.45, 2.75) is 50.6 Å². The lowest BCUT2D eigenvalue weighted by molar-refractivity contribution is 0.0343. The van der Waals surface area contributed by atoms with Gasteiger partial charge >= 0.3 is 6.09 Å². The fourth-order valence-corrected chi connectivity index (χ4v) is 6.71. The summed E-state index contributed by atoms with van der Waals surface area (Å²) in [7, 11) is 2.09. The van der Waals surface area contributed by atoms with Crippen LogP contribution in [0.3, 0.4) is 0 Å². The first kappa shape index (κ1) is 22.5. The van der Waals surface area contributed by atoms with Crippen LogP contribution in [0, 0.1) is 5.92 Å². The smallest absolute Gasteiger partial charge is 0.407 e. The highest BCUT2D eigenvalue weighted by molar-refractivity contribution is 5.93. The Kier molecular flexibility index (Phi) is 5.93. The number of aromatic nitrogens is 1. The van der Waals surface area contributed by atoms with Gasteiger partial charge in [-0.25, -0.2) is 4.79 Å². The third-order valence-electron chi connectivity index (χ3n) is 8.45. The molecule has 1 saturated carbocycles. The number of nitrogens with zero attached hydrogens (tertiary/aromatic N) is 3. The monoisotopic (exact) mass is 473 g/mol. The van der Waals surface area contributed by atoms with E-state index >= 15 is 0 Å². The summed E-state index contributed by atoms with van der Waals surface area (Å²) in [5.41, 5.74) is 5.17. The van der Waals surface area contributed by atoms with Gasteiger partial charge in [0.05, 0.1) is 18.3 Å². The molecule has 3 heterocycles. The Morgan fingerprint density at radius 2 is 1.74 bits per heavy atom. The fraction of sp³-hybridized carbons (Fsp3) is 0.483. The second-order valence-corrected chi connectivity index (χ2v) is 10.6. The number of amides is 1. The molecule has 2 atom stereocenters. The van der Waals surface area contributed by atoms with Crippen molar-refractivity contribution in [2.75, 3.05) is 33.3 Å². The van der Waals surface area contributed by atoms with E-state index in [9.17, 15) is 9.90 Å². The van der Waals surface area contributed by atoms with Crippen molar-refractivity contribution in [2.24, 2.45) is 5.92 Å². The number of likely N-dealkylation sites (N-methyl/N-ethyl adjacent to an activating group) is 1. The van der Waals surface area contributed by atoms with Crippen molar-refractivity contribution in [3.8, 4) is 17.0 Å². The highest BCUT2D eigenvalue weighted by atomic mass is 16.5. The molecule has 3 aromatic rings. The minimum atomic E-state index is -0.828. The summed E-state index contributed by atoms with van der Waals surface area (Å²) >= 11 is 0. The molecule has 2 aliphatic heterocycles. The topological polar surface area (TPSA) is 57.9 Å². The lowest BCUT2D eigenvalue weighted by atomic mass is 9.81. The van der Waals surface area contributed by atoms with E-state index in [0.29, 0.717) is 19.1 Å². The van der Waals surface area contributed by atoms with Crippen molar-refractivity contribution in [1.82, 2.24) is 14.4 Å². The van der Waals surface area contributed by atoms with Crippen LogP contribution in [-0.2, 0) is 6.54 Å². The molecule has 0 spiro atoms. The number of piperazine rings is 1. The summed E-state index contributed by atoms with van der Waals surface area (Å²) in [5.74, 6) is 1.51. The van der Waals surface area contributed by atoms with Crippen LogP contribution in [0.2, 0.25) is 0 Å². The Bertz CT molecular complexity index is 1230. The van der Waals surface area contributed by atoms with E-state index in [4.69, 9.17) is 4.74 Å². The van der Waals surface area contributed by atoms with E-state index < -0.39 is 6.09 Å². The molecule has 6 heteroatoms. The molecule has 2 aromatic carbocycles. The van der Waals surface area contributed by atoms with Gasteiger partial charge in [-0.2, -0.15) is 0 Å². The lowest BCUT2D eigenvalue weighted by Gasteiger charge is -2.43. The third kappa shape index (κ3) is 3.98. The van der Waals surface area contributed by atoms with Crippen molar-refractivity contribution < 1.29 is 14.6 Å². The average molecular weight is 474 g/mol. The van der Waals surface area contributed by atoms with Crippen LogP contribution in [-0.4, -0.2) is 64.9 Å². The minimum absolute atomic E-state index is 0.0518. The first-order valence-electron chi connectivity index (χ1n) is 13.1. The normalized spacial score (nSPS) is 23.7. The van der Waals surface area contributed by atoms with Crippen LogP contribution in [0.1, 0.15) is 43.6 Å². The molecule has 1 N–H and O–H groups in total. The van der Waals surface area contributed by atoms with Gasteiger partial charge in [-0.15, -0.1) is 0 Å². The third-order valence-corrected chi connectivity index (χ3v) is 8.45. The molecule has 6 rings (SSSR count). The van der Waals surface area contributed by atoms with Gasteiger partial charge in [-0.3, -0.25) is 0 Å². The predicted octanol–water partition coefficient (Wildman–Crippen LogP) is 5.66. The van der Waals surface area contributed by atoms with Crippen LogP contribution in [0.5, 0.6) is 5.75 Å². The fourth-order valence-electron chi connectivity index (χ4n) is 6.71. The lowest BCUT2D eigenvalue weighted by Crippen LogP contribution is -2.58. The molecule has 184 valence electrons. The molecule has 1 amide bonds. The predicted molar refractivity (Wildman–Crippen MR) is 138 cm³/mol. The first-order valence-corrected chi connectivity index (χ1v) is 13.1. The molecule has 35 heavy (non-hydrogen) atoms. The molecule has 1 aromatic heterocycles. The van der Waals surface area contributed by atoms with E-state index in [-0.39, 0.29) is 12.0 Å². The number of carboxylic acid groups (broad SMARTS) is 1. The Morgan fingerprint density at radius 1 is 0.971 bits per heavy atom. The zero-order valence-corrected chi connectivity index (χ0v) is 20.5. The van der Waals surface area contributed by atoms with Crippen LogP contribution in [0.4, 0.5) is 4.79 Å². The number of para-hydroxylation sites is 2. The van der Waals surface area contributed by atoms with Crippen molar-refractivity contribution in [1.29, 1.82) is 0 Å². The largest absolute Gasteiger partial charge is 0.492 e. The van der Waals surface area contributed by atoms with Gasteiger partial charge < -0.3 is 24.2 Å². The van der Waals surface area contributed by atoms with Gasteiger partial charge in [-0.05, 0) is 49.6 Å². The summed E-state index contributed by atoms with van der Waals surface area (Å²) in [6.45, 7) is 3.29. The molecular weight excluding hydrogens is 438 g/mol. The standard InChI is InChI=1S/C29H35N3O3/c1-30-15-16-31(29(33)34)25(18-30)21-17-32-24-13-7-5-11-22(24)27(20-9-3-2-4-10-20)28(32)23-12-6-8-14-26(23)35-19-21/h5-8,11-14,20-21,25H,2-4,9-10,15-19H2,1H3,(H,33,34). The summed E-state index contributed by atoms with van der Waals surface area (Å²) in [4.78, 5) is 16.1. The van der Waals surface area contributed by atoms with Crippen LogP contribution < -0.4 is 4.74 Å². The van der Waals surface area contributed by atoms with Gasteiger partial charge in [0.1, 0.15) is 5.75 Å². The zero-order valence-electron chi connectivity index (χ0n) is 20.5. The van der Waals surface area contributed by atoms with Crippen LogP contribution >= 0.6 is 0 Å². The average Bonchev–Trinajstić information content (AvgIpc) is 3.19. The van der Waals surface area contributed by atoms with E-state index in [1.165, 1.54) is 59.8 Å². The molecule has 1 aliphatic carbocycles. The van der Waals surface area contributed by atoms with Gasteiger partial charge in [0, 0.05) is 48.6 Å². The number of ether oxygens (including phenoxy) is 1. The maximum atomic E-state index is 12.2. The summed E-state index contributed by atoms with van der Waals surface area (Å²) < 4.78 is 9.00. The molecule has 1 saturated heterocycles. The minimum Gasteiger partial charge on any atom is -0.492 e. The highest BCUT2D eigenvalue weighted by Gasteiger charge is 2.38. The Labute approximate surface area is 207 Å². The Morgan fingerprint density at radius 3 is 2.57 bits per heavy atom. The molecule has 3 aliphatic rings. The number of benzene rings is 2. The summed E-state index contributed by atoms with van der Waals surface area (Å²) in [5, 5.41) is 11.4. The summed E-state index contributed by atoms with van der Waals surface area (Å²) in [6, 6.07) is 17.1. The van der Waals surface area contributed by atoms with Crippen molar-refractivity contribution in [3.05, 3.63) is 54.1 Å². The Hall–Kier alpha value is -2.99. The second-order valence-electron chi connectivity index (χ2n) is 10.6. The van der Waals surface area contributed by atoms with E-state index in [1.807, 2.05) is 6.07 Å². The molecule has 6 nitrogen and oxygen atoms in total. The van der Waals surface area contributed by atoms with Gasteiger partial charge in [-0.1, -0.05) is 49.6 Å².